The molecular weight excluding hydrogens is 759 g/mol. The molecule has 0 saturated carbocycles. The molecule has 0 amide bonds. The SMILES string of the molecule is CCCCCCCCC#CCCCCCCCC(=O)OCC(COC(=O)CC(=O)OC(CCCCCCCC)CCCCCCCC)COC(=O)OCCCN(CC)CC. The van der Waals surface area contributed by atoms with Gasteiger partial charge in [-0.15, -0.1) is 11.8 Å². The lowest BCUT2D eigenvalue weighted by atomic mass is 10.0. The minimum atomic E-state index is -0.827. The Morgan fingerprint density at radius 1 is 0.467 bits per heavy atom. The van der Waals surface area contributed by atoms with Gasteiger partial charge in [0.05, 0.1) is 12.5 Å². The Balaban J connectivity index is 4.86. The van der Waals surface area contributed by atoms with E-state index in [1.807, 2.05) is 0 Å². The number of unbranched alkanes of at least 4 members (excludes halogenated alkanes) is 21. The van der Waals surface area contributed by atoms with Gasteiger partial charge in [-0.1, -0.05) is 150 Å². The van der Waals surface area contributed by atoms with Crippen LogP contribution in [0.4, 0.5) is 4.79 Å². The molecule has 0 spiro atoms. The molecule has 0 aromatic carbocycles. The number of nitrogens with zero attached hydrogens (tertiary/aromatic N) is 1. The molecule has 0 bridgehead atoms. The largest absolute Gasteiger partial charge is 0.508 e. The van der Waals surface area contributed by atoms with Crippen LogP contribution in [-0.4, -0.2) is 81.1 Å². The van der Waals surface area contributed by atoms with Crippen molar-refractivity contribution in [2.45, 2.75) is 233 Å². The molecule has 0 radical (unpaired) electrons. The van der Waals surface area contributed by atoms with Crippen LogP contribution in [0.3, 0.4) is 0 Å². The minimum absolute atomic E-state index is 0.0954. The van der Waals surface area contributed by atoms with Gasteiger partial charge in [0.1, 0.15) is 32.3 Å². The molecule has 0 aliphatic rings. The van der Waals surface area contributed by atoms with E-state index in [1.165, 1.54) is 89.9 Å². The van der Waals surface area contributed by atoms with Crippen LogP contribution >= 0.6 is 0 Å². The zero-order valence-electron chi connectivity index (χ0n) is 39.4. The molecular formula is C50H91NO9. The summed E-state index contributed by atoms with van der Waals surface area (Å²) in [4.78, 5) is 52.9. The van der Waals surface area contributed by atoms with Crippen LogP contribution in [0, 0.1) is 17.8 Å². The first-order valence-corrected chi connectivity index (χ1v) is 24.8. The van der Waals surface area contributed by atoms with E-state index in [9.17, 15) is 19.2 Å². The van der Waals surface area contributed by atoms with E-state index in [0.29, 0.717) is 6.42 Å². The summed E-state index contributed by atoms with van der Waals surface area (Å²) in [5.74, 6) is 4.33. The maximum absolute atomic E-state index is 12.9. The van der Waals surface area contributed by atoms with Crippen molar-refractivity contribution in [2.75, 3.05) is 46.1 Å². The number of esters is 3. The number of hydrogen-bond donors (Lipinski definition) is 0. The Kier molecular flexibility index (Phi) is 42.2. The van der Waals surface area contributed by atoms with Crippen molar-refractivity contribution in [1.29, 1.82) is 0 Å². The fourth-order valence-corrected chi connectivity index (χ4v) is 7.00. The average molecular weight is 850 g/mol. The molecule has 0 saturated heterocycles. The van der Waals surface area contributed by atoms with Gasteiger partial charge in [-0.05, 0) is 64.5 Å². The zero-order chi connectivity index (χ0) is 44.2. The molecule has 60 heavy (non-hydrogen) atoms. The normalized spacial score (nSPS) is 11.6. The molecule has 0 rings (SSSR count). The molecule has 10 heteroatoms. The van der Waals surface area contributed by atoms with E-state index in [4.69, 9.17) is 23.7 Å². The Labute approximate surface area is 368 Å². The second-order valence-corrected chi connectivity index (χ2v) is 16.6. The fourth-order valence-electron chi connectivity index (χ4n) is 7.00. The number of ether oxygens (including phenoxy) is 5. The lowest BCUT2D eigenvalue weighted by molar-refractivity contribution is -0.159. The van der Waals surface area contributed by atoms with E-state index in [1.54, 1.807) is 0 Å². The molecule has 0 aromatic heterocycles. The molecule has 350 valence electrons. The molecule has 1 atom stereocenters. The smallest absolute Gasteiger partial charge is 0.465 e. The van der Waals surface area contributed by atoms with Crippen LogP contribution in [-0.2, 0) is 38.1 Å². The second-order valence-electron chi connectivity index (χ2n) is 16.6. The Morgan fingerprint density at radius 2 is 0.917 bits per heavy atom. The van der Waals surface area contributed by atoms with Crippen molar-refractivity contribution >= 4 is 24.1 Å². The summed E-state index contributed by atoms with van der Waals surface area (Å²) >= 11 is 0. The third-order valence-corrected chi connectivity index (χ3v) is 10.9. The van der Waals surface area contributed by atoms with Gasteiger partial charge in [-0.25, -0.2) is 4.79 Å². The number of carbonyl (C=O) groups is 4. The Hall–Kier alpha value is -2.80. The van der Waals surface area contributed by atoms with Gasteiger partial charge in [0, 0.05) is 25.8 Å². The van der Waals surface area contributed by atoms with Crippen molar-refractivity contribution in [2.24, 2.45) is 5.92 Å². The monoisotopic (exact) mass is 850 g/mol. The third kappa shape index (κ3) is 39.3. The first-order chi connectivity index (χ1) is 29.3. The van der Waals surface area contributed by atoms with Crippen molar-refractivity contribution < 1.29 is 42.9 Å². The van der Waals surface area contributed by atoms with Crippen LogP contribution in [0.2, 0.25) is 0 Å². The highest BCUT2D eigenvalue weighted by atomic mass is 16.7. The molecule has 10 nitrogen and oxygen atoms in total. The van der Waals surface area contributed by atoms with Gasteiger partial charge in [-0.3, -0.25) is 14.4 Å². The van der Waals surface area contributed by atoms with Crippen molar-refractivity contribution in [3.8, 4) is 11.8 Å². The summed E-state index contributed by atoms with van der Waals surface area (Å²) in [5.41, 5.74) is 0. The van der Waals surface area contributed by atoms with E-state index in [-0.39, 0.29) is 44.9 Å². The summed E-state index contributed by atoms with van der Waals surface area (Å²) in [7, 11) is 0. The fraction of sp³-hybridized carbons (Fsp3) is 0.880. The summed E-state index contributed by atoms with van der Waals surface area (Å²) in [5, 5.41) is 0. The highest BCUT2D eigenvalue weighted by Gasteiger charge is 2.22. The van der Waals surface area contributed by atoms with Gasteiger partial charge in [-0.2, -0.15) is 0 Å². The maximum Gasteiger partial charge on any atom is 0.508 e. The molecule has 0 fully saturated rings. The van der Waals surface area contributed by atoms with Crippen LogP contribution in [0.15, 0.2) is 0 Å². The molecule has 0 aliphatic heterocycles. The predicted molar refractivity (Wildman–Crippen MR) is 244 cm³/mol. The highest BCUT2D eigenvalue weighted by Crippen LogP contribution is 2.18. The Bertz CT molecular complexity index is 1070. The molecule has 0 aliphatic carbocycles. The lowest BCUT2D eigenvalue weighted by Gasteiger charge is -2.19. The first-order valence-electron chi connectivity index (χ1n) is 24.8. The first kappa shape index (κ1) is 57.2. The minimum Gasteiger partial charge on any atom is -0.465 e. The lowest BCUT2D eigenvalue weighted by Crippen LogP contribution is -2.28. The quantitative estimate of drug-likeness (QED) is 0.0193. The van der Waals surface area contributed by atoms with Gasteiger partial charge in [0.2, 0.25) is 0 Å². The van der Waals surface area contributed by atoms with Gasteiger partial charge >= 0.3 is 24.1 Å². The van der Waals surface area contributed by atoms with E-state index in [2.05, 4.69) is 51.4 Å². The van der Waals surface area contributed by atoms with Crippen molar-refractivity contribution in [1.82, 2.24) is 4.90 Å². The summed E-state index contributed by atoms with van der Waals surface area (Å²) in [6, 6.07) is 0. The highest BCUT2D eigenvalue weighted by molar-refractivity contribution is 5.91. The molecule has 0 aromatic rings. The van der Waals surface area contributed by atoms with Crippen molar-refractivity contribution in [3.05, 3.63) is 0 Å². The second kappa shape index (κ2) is 44.3. The molecule has 1 unspecified atom stereocenters. The predicted octanol–water partition coefficient (Wildman–Crippen LogP) is 12.9. The van der Waals surface area contributed by atoms with E-state index in [0.717, 1.165) is 103 Å². The zero-order valence-corrected chi connectivity index (χ0v) is 39.4. The van der Waals surface area contributed by atoms with Gasteiger partial charge < -0.3 is 28.6 Å². The summed E-state index contributed by atoms with van der Waals surface area (Å²) < 4.78 is 27.4. The van der Waals surface area contributed by atoms with Crippen molar-refractivity contribution in [3.63, 3.8) is 0 Å². The van der Waals surface area contributed by atoms with Crippen LogP contribution < -0.4 is 0 Å². The topological polar surface area (TPSA) is 118 Å². The van der Waals surface area contributed by atoms with Crippen LogP contribution in [0.5, 0.6) is 0 Å². The molecule has 0 heterocycles. The van der Waals surface area contributed by atoms with Crippen LogP contribution in [0.25, 0.3) is 0 Å². The number of hydrogen-bond acceptors (Lipinski definition) is 10. The Morgan fingerprint density at radius 3 is 1.43 bits per heavy atom. The van der Waals surface area contributed by atoms with E-state index >= 15 is 0 Å². The average Bonchev–Trinajstić information content (AvgIpc) is 3.24. The maximum atomic E-state index is 12.9. The standard InChI is InChI=1S/C50H91NO9/c1-6-11-14-17-20-21-22-23-24-25-26-27-28-31-34-38-47(52)57-42-45(44-59-50(55)56-40-35-39-51(9-4)10-5)43-58-48(53)41-49(54)60-46(36-32-29-18-15-12-7-2)37-33-30-19-16-13-8-3/h45-46H,6-22,25-44H2,1-5H3. The van der Waals surface area contributed by atoms with Gasteiger partial charge in [0.25, 0.3) is 0 Å². The third-order valence-electron chi connectivity index (χ3n) is 10.9. The number of rotatable bonds is 42. The molecule has 0 N–H and O–H groups in total. The number of carbonyl (C=O) groups excluding carboxylic acids is 4. The van der Waals surface area contributed by atoms with Crippen LogP contribution in [0.1, 0.15) is 227 Å². The van der Waals surface area contributed by atoms with Gasteiger partial charge in [0.15, 0.2) is 0 Å². The summed E-state index contributed by atoms with van der Waals surface area (Å²) in [6.45, 7) is 13.3. The summed E-state index contributed by atoms with van der Waals surface area (Å²) in [6.07, 6.45) is 29.5. The van der Waals surface area contributed by atoms with E-state index < -0.39 is 30.4 Å².